The Balaban J connectivity index is 1.45. The van der Waals surface area contributed by atoms with Gasteiger partial charge >= 0.3 is 0 Å². The highest BCUT2D eigenvalue weighted by atomic mass is 16.5. The first-order valence-corrected chi connectivity index (χ1v) is 14.0. The van der Waals surface area contributed by atoms with E-state index < -0.39 is 0 Å². The number of ether oxygens (including phenoxy) is 2. The van der Waals surface area contributed by atoms with E-state index in [4.69, 9.17) is 9.47 Å². The standard InChI is InChI=1S/C38H30N2O2/c1-41-32-23-19-29(20-24-32)39(30-21-25-33(42-2)26-22-30)36-13-8-14-37-38(36)34-11-6-7-12-35(34)40(37)31-17-15-28(16-18-31)27-9-4-3-5-10-27/h3-26H,1-2H3. The number of hydrogen-bond donors (Lipinski definition) is 0. The summed E-state index contributed by atoms with van der Waals surface area (Å²) in [5, 5.41) is 2.38. The number of rotatable bonds is 7. The number of aromatic nitrogens is 1. The first-order chi connectivity index (χ1) is 20.7. The van der Waals surface area contributed by atoms with E-state index >= 15 is 0 Å². The van der Waals surface area contributed by atoms with Crippen molar-refractivity contribution in [3.63, 3.8) is 0 Å². The van der Waals surface area contributed by atoms with Crippen LogP contribution in [-0.2, 0) is 0 Å². The van der Waals surface area contributed by atoms with E-state index in [1.807, 2.05) is 24.3 Å². The van der Waals surface area contributed by atoms with Crippen LogP contribution < -0.4 is 14.4 Å². The van der Waals surface area contributed by atoms with Gasteiger partial charge in [-0.3, -0.25) is 0 Å². The summed E-state index contributed by atoms with van der Waals surface area (Å²) in [6.45, 7) is 0. The normalized spacial score (nSPS) is 11.1. The van der Waals surface area contributed by atoms with Gasteiger partial charge in [-0.2, -0.15) is 0 Å². The fourth-order valence-electron chi connectivity index (χ4n) is 5.79. The van der Waals surface area contributed by atoms with Crippen LogP contribution in [0.5, 0.6) is 11.5 Å². The van der Waals surface area contributed by atoms with Gasteiger partial charge in [0.25, 0.3) is 0 Å². The molecule has 7 aromatic rings. The predicted molar refractivity (Wildman–Crippen MR) is 174 cm³/mol. The van der Waals surface area contributed by atoms with Crippen LogP contribution in [0.2, 0.25) is 0 Å². The first kappa shape index (κ1) is 25.5. The quantitative estimate of drug-likeness (QED) is 0.199. The third-order valence-corrected chi connectivity index (χ3v) is 7.81. The molecule has 0 saturated carbocycles. The van der Waals surface area contributed by atoms with Gasteiger partial charge in [-0.25, -0.2) is 0 Å². The Bertz CT molecular complexity index is 1930. The van der Waals surface area contributed by atoms with Crippen molar-refractivity contribution in [3.8, 4) is 28.3 Å². The number of benzene rings is 6. The molecule has 0 aliphatic heterocycles. The second-order valence-electron chi connectivity index (χ2n) is 10.2. The molecule has 0 spiro atoms. The van der Waals surface area contributed by atoms with E-state index in [9.17, 15) is 0 Å². The first-order valence-electron chi connectivity index (χ1n) is 14.0. The highest BCUT2D eigenvalue weighted by molar-refractivity contribution is 6.16. The Morgan fingerprint density at radius 2 is 1.02 bits per heavy atom. The average molecular weight is 547 g/mol. The molecular weight excluding hydrogens is 516 g/mol. The van der Waals surface area contributed by atoms with Gasteiger partial charge in [-0.1, -0.05) is 66.7 Å². The van der Waals surface area contributed by atoms with Gasteiger partial charge in [0.05, 0.1) is 30.9 Å². The van der Waals surface area contributed by atoms with Crippen LogP contribution in [0.25, 0.3) is 38.6 Å². The van der Waals surface area contributed by atoms with Crippen LogP contribution in [-0.4, -0.2) is 18.8 Å². The lowest BCUT2D eigenvalue weighted by molar-refractivity contribution is 0.415. The Hall–Kier alpha value is -5.48. The van der Waals surface area contributed by atoms with Gasteiger partial charge in [0.2, 0.25) is 0 Å². The smallest absolute Gasteiger partial charge is 0.119 e. The van der Waals surface area contributed by atoms with Crippen molar-refractivity contribution in [1.82, 2.24) is 4.57 Å². The van der Waals surface area contributed by atoms with E-state index in [1.54, 1.807) is 14.2 Å². The maximum Gasteiger partial charge on any atom is 0.119 e. The van der Waals surface area contributed by atoms with Crippen molar-refractivity contribution < 1.29 is 9.47 Å². The highest BCUT2D eigenvalue weighted by Gasteiger charge is 2.21. The number of hydrogen-bond acceptors (Lipinski definition) is 3. The topological polar surface area (TPSA) is 26.6 Å². The molecule has 0 amide bonds. The summed E-state index contributed by atoms with van der Waals surface area (Å²) >= 11 is 0. The van der Waals surface area contributed by atoms with Crippen molar-refractivity contribution in [2.75, 3.05) is 19.1 Å². The lowest BCUT2D eigenvalue weighted by Crippen LogP contribution is -2.10. The largest absolute Gasteiger partial charge is 0.497 e. The summed E-state index contributed by atoms with van der Waals surface area (Å²) in [5.74, 6) is 1.64. The minimum atomic E-state index is 0.821. The molecule has 7 rings (SSSR count). The minimum Gasteiger partial charge on any atom is -0.497 e. The number of methoxy groups -OCH3 is 2. The molecule has 0 saturated heterocycles. The second kappa shape index (κ2) is 10.8. The van der Waals surface area contributed by atoms with Crippen molar-refractivity contribution in [2.45, 2.75) is 0 Å². The van der Waals surface area contributed by atoms with Crippen molar-refractivity contribution >= 4 is 38.9 Å². The van der Waals surface area contributed by atoms with E-state index in [-0.39, 0.29) is 0 Å². The van der Waals surface area contributed by atoms with E-state index in [1.165, 1.54) is 21.9 Å². The van der Waals surface area contributed by atoms with Crippen LogP contribution in [0, 0.1) is 0 Å². The summed E-state index contributed by atoms with van der Waals surface area (Å²) in [6.07, 6.45) is 0. The van der Waals surface area contributed by atoms with Crippen LogP contribution >= 0.6 is 0 Å². The molecule has 0 radical (unpaired) electrons. The molecule has 42 heavy (non-hydrogen) atoms. The molecule has 4 heteroatoms. The monoisotopic (exact) mass is 546 g/mol. The zero-order valence-electron chi connectivity index (χ0n) is 23.6. The summed E-state index contributed by atoms with van der Waals surface area (Å²) in [6, 6.07) is 51.0. The van der Waals surface area contributed by atoms with Gasteiger partial charge in [0, 0.05) is 27.8 Å². The molecule has 0 unspecified atom stereocenters. The number of nitrogens with zero attached hydrogens (tertiary/aromatic N) is 2. The van der Waals surface area contributed by atoms with Crippen molar-refractivity contribution in [2.24, 2.45) is 0 Å². The molecule has 6 aromatic carbocycles. The molecular formula is C38H30N2O2. The van der Waals surface area contributed by atoms with Crippen LogP contribution in [0.4, 0.5) is 17.1 Å². The molecule has 0 atom stereocenters. The number of para-hydroxylation sites is 1. The van der Waals surface area contributed by atoms with Gasteiger partial charge in [-0.15, -0.1) is 0 Å². The zero-order valence-corrected chi connectivity index (χ0v) is 23.6. The summed E-state index contributed by atoms with van der Waals surface area (Å²) in [7, 11) is 3.39. The van der Waals surface area contributed by atoms with Crippen LogP contribution in [0.15, 0.2) is 146 Å². The molecule has 1 heterocycles. The predicted octanol–water partition coefficient (Wildman–Crippen LogP) is 9.94. The minimum absolute atomic E-state index is 0.821. The number of anilines is 3. The van der Waals surface area contributed by atoms with Crippen molar-refractivity contribution in [3.05, 3.63) is 146 Å². The zero-order chi connectivity index (χ0) is 28.5. The molecule has 0 bridgehead atoms. The Morgan fingerprint density at radius 3 is 1.64 bits per heavy atom. The van der Waals surface area contributed by atoms with E-state index in [0.717, 1.165) is 45.3 Å². The molecule has 0 aliphatic carbocycles. The Morgan fingerprint density at radius 1 is 0.476 bits per heavy atom. The molecule has 1 aromatic heterocycles. The Labute approximate surface area is 245 Å². The molecule has 204 valence electrons. The summed E-state index contributed by atoms with van der Waals surface area (Å²) < 4.78 is 13.3. The summed E-state index contributed by atoms with van der Waals surface area (Å²) in [5.41, 5.74) is 9.02. The SMILES string of the molecule is COc1ccc(N(c2ccc(OC)cc2)c2cccc3c2c2ccccc2n3-c2ccc(-c3ccccc3)cc2)cc1. The lowest BCUT2D eigenvalue weighted by atomic mass is 10.1. The van der Waals surface area contributed by atoms with E-state index in [2.05, 4.69) is 131 Å². The fraction of sp³-hybridized carbons (Fsp3) is 0.0526. The molecule has 0 N–H and O–H groups in total. The third kappa shape index (κ3) is 4.43. The van der Waals surface area contributed by atoms with Gasteiger partial charge in [0.15, 0.2) is 0 Å². The fourth-order valence-corrected chi connectivity index (χ4v) is 5.79. The van der Waals surface area contributed by atoms with Crippen LogP contribution in [0.3, 0.4) is 0 Å². The second-order valence-corrected chi connectivity index (χ2v) is 10.2. The molecule has 0 fully saturated rings. The maximum absolute atomic E-state index is 5.47. The highest BCUT2D eigenvalue weighted by Crippen LogP contribution is 2.44. The number of fused-ring (bicyclic) bond motifs is 3. The maximum atomic E-state index is 5.47. The van der Waals surface area contributed by atoms with E-state index in [0.29, 0.717) is 0 Å². The Kier molecular flexibility index (Phi) is 6.57. The molecule has 4 nitrogen and oxygen atoms in total. The van der Waals surface area contributed by atoms with Gasteiger partial charge < -0.3 is 18.9 Å². The lowest BCUT2D eigenvalue weighted by Gasteiger charge is -2.27. The average Bonchev–Trinajstić information content (AvgIpc) is 3.41. The molecule has 0 aliphatic rings. The van der Waals surface area contributed by atoms with Gasteiger partial charge in [-0.05, 0) is 90.0 Å². The van der Waals surface area contributed by atoms with Crippen LogP contribution in [0.1, 0.15) is 0 Å². The van der Waals surface area contributed by atoms with Gasteiger partial charge in [0.1, 0.15) is 11.5 Å². The van der Waals surface area contributed by atoms with Crippen molar-refractivity contribution in [1.29, 1.82) is 0 Å². The third-order valence-electron chi connectivity index (χ3n) is 7.81. The summed E-state index contributed by atoms with van der Waals surface area (Å²) in [4.78, 5) is 2.30.